The van der Waals surface area contributed by atoms with Crippen molar-refractivity contribution in [3.63, 3.8) is 0 Å². The fourth-order valence-corrected chi connectivity index (χ4v) is 5.98. The molecule has 2 heterocycles. The minimum atomic E-state index is -3.81. The standard InChI is InChI=1S/C19H20Cl2N2O3S/c1-12-9-10-13(2)23(12)19(24)17-8-3-5-14(22-17)11-27(25,26)18-15(20)6-4-7-16(18)21/h3-8,12-13H,9-11H2,1-2H3. The molecule has 1 aromatic heterocycles. The van der Waals surface area contributed by atoms with E-state index in [0.29, 0.717) is 0 Å². The number of carbonyl (C=O) groups excluding carboxylic acids is 1. The van der Waals surface area contributed by atoms with Crippen molar-refractivity contribution < 1.29 is 13.2 Å². The van der Waals surface area contributed by atoms with Gasteiger partial charge in [0.15, 0.2) is 9.84 Å². The zero-order valence-electron chi connectivity index (χ0n) is 15.0. The number of nitrogens with zero attached hydrogens (tertiary/aromatic N) is 2. The third kappa shape index (κ3) is 4.13. The Bertz CT molecular complexity index is 948. The van der Waals surface area contributed by atoms with Gasteiger partial charge in [0.05, 0.1) is 21.5 Å². The lowest BCUT2D eigenvalue weighted by molar-refractivity contribution is 0.0686. The summed E-state index contributed by atoms with van der Waals surface area (Å²) in [6.45, 7) is 4.02. The molecule has 2 aromatic rings. The van der Waals surface area contributed by atoms with Crippen LogP contribution in [0.25, 0.3) is 0 Å². The smallest absolute Gasteiger partial charge is 0.272 e. The number of amides is 1. The highest BCUT2D eigenvalue weighted by molar-refractivity contribution is 7.90. The Morgan fingerprint density at radius 2 is 1.63 bits per heavy atom. The monoisotopic (exact) mass is 426 g/mol. The Morgan fingerprint density at radius 1 is 1.07 bits per heavy atom. The highest BCUT2D eigenvalue weighted by Gasteiger charge is 2.32. The van der Waals surface area contributed by atoms with Crippen molar-refractivity contribution >= 4 is 38.9 Å². The van der Waals surface area contributed by atoms with E-state index < -0.39 is 9.84 Å². The van der Waals surface area contributed by atoms with Gasteiger partial charge >= 0.3 is 0 Å². The molecule has 0 radical (unpaired) electrons. The quantitative estimate of drug-likeness (QED) is 0.727. The molecule has 2 atom stereocenters. The normalized spacial score (nSPS) is 20.1. The van der Waals surface area contributed by atoms with E-state index in [-0.39, 0.29) is 50.1 Å². The number of halogens is 2. The predicted molar refractivity (Wildman–Crippen MR) is 106 cm³/mol. The Hall–Kier alpha value is -1.63. The molecule has 1 aliphatic heterocycles. The summed E-state index contributed by atoms with van der Waals surface area (Å²) in [6, 6.07) is 9.65. The summed E-state index contributed by atoms with van der Waals surface area (Å²) in [5.41, 5.74) is 0.518. The molecule has 1 amide bonds. The van der Waals surface area contributed by atoms with E-state index in [1.165, 1.54) is 12.1 Å². The van der Waals surface area contributed by atoms with Crippen LogP contribution >= 0.6 is 23.2 Å². The summed E-state index contributed by atoms with van der Waals surface area (Å²) in [5.74, 6) is -0.564. The molecule has 0 bridgehead atoms. The van der Waals surface area contributed by atoms with Crippen LogP contribution in [0.15, 0.2) is 41.3 Å². The first-order chi connectivity index (χ1) is 12.7. The molecule has 0 saturated carbocycles. The third-order valence-corrected chi connectivity index (χ3v) is 7.37. The average molecular weight is 427 g/mol. The molecule has 5 nitrogen and oxygen atoms in total. The number of hydrogen-bond donors (Lipinski definition) is 0. The van der Waals surface area contributed by atoms with E-state index in [1.54, 1.807) is 24.3 Å². The molecule has 8 heteroatoms. The van der Waals surface area contributed by atoms with Gasteiger partial charge in [-0.05, 0) is 51.0 Å². The zero-order chi connectivity index (χ0) is 19.8. The summed E-state index contributed by atoms with van der Waals surface area (Å²) >= 11 is 12.1. The topological polar surface area (TPSA) is 67.3 Å². The van der Waals surface area contributed by atoms with Gasteiger partial charge in [-0.3, -0.25) is 4.79 Å². The van der Waals surface area contributed by atoms with E-state index in [1.807, 2.05) is 18.7 Å². The number of rotatable bonds is 4. The van der Waals surface area contributed by atoms with Crippen LogP contribution in [0.4, 0.5) is 0 Å². The van der Waals surface area contributed by atoms with Gasteiger partial charge in [0, 0.05) is 12.1 Å². The van der Waals surface area contributed by atoms with E-state index in [2.05, 4.69) is 4.98 Å². The van der Waals surface area contributed by atoms with E-state index in [4.69, 9.17) is 23.2 Å². The van der Waals surface area contributed by atoms with Gasteiger partial charge in [-0.2, -0.15) is 0 Å². The number of aromatic nitrogens is 1. The Balaban J connectivity index is 1.89. The molecule has 1 aliphatic rings. The van der Waals surface area contributed by atoms with Crippen LogP contribution in [-0.4, -0.2) is 36.3 Å². The highest BCUT2D eigenvalue weighted by Crippen LogP contribution is 2.31. The van der Waals surface area contributed by atoms with Gasteiger partial charge in [0.25, 0.3) is 5.91 Å². The largest absolute Gasteiger partial charge is 0.332 e. The third-order valence-electron chi connectivity index (χ3n) is 4.78. The minimum Gasteiger partial charge on any atom is -0.332 e. The van der Waals surface area contributed by atoms with Crippen molar-refractivity contribution in [3.8, 4) is 0 Å². The number of hydrogen-bond acceptors (Lipinski definition) is 4. The van der Waals surface area contributed by atoms with Crippen molar-refractivity contribution in [1.29, 1.82) is 0 Å². The lowest BCUT2D eigenvalue weighted by Gasteiger charge is -2.26. The molecule has 0 N–H and O–H groups in total. The molecule has 1 aromatic carbocycles. The number of likely N-dealkylation sites (tertiary alicyclic amines) is 1. The highest BCUT2D eigenvalue weighted by atomic mass is 35.5. The van der Waals surface area contributed by atoms with Gasteiger partial charge in [-0.25, -0.2) is 13.4 Å². The fourth-order valence-electron chi connectivity index (χ4n) is 3.45. The van der Waals surface area contributed by atoms with Crippen molar-refractivity contribution in [1.82, 2.24) is 9.88 Å². The van der Waals surface area contributed by atoms with Gasteiger partial charge < -0.3 is 4.90 Å². The number of benzene rings is 1. The SMILES string of the molecule is CC1CCC(C)N1C(=O)c1cccc(CS(=O)(=O)c2c(Cl)cccc2Cl)n1. The summed E-state index contributed by atoms with van der Waals surface area (Å²) in [5, 5.41) is 0.129. The molecule has 3 rings (SSSR count). The second kappa shape index (κ2) is 7.78. The Kier molecular flexibility index (Phi) is 5.79. The summed E-state index contributed by atoms with van der Waals surface area (Å²) in [4.78, 5) is 18.8. The van der Waals surface area contributed by atoms with E-state index in [9.17, 15) is 13.2 Å². The minimum absolute atomic E-state index is 0.0643. The molecular formula is C19H20Cl2N2O3S. The van der Waals surface area contributed by atoms with Gasteiger partial charge in [0.2, 0.25) is 0 Å². The van der Waals surface area contributed by atoms with Crippen LogP contribution in [-0.2, 0) is 15.6 Å². The maximum Gasteiger partial charge on any atom is 0.272 e. The van der Waals surface area contributed by atoms with Crippen molar-refractivity contribution in [3.05, 3.63) is 57.8 Å². The van der Waals surface area contributed by atoms with Crippen LogP contribution in [0.5, 0.6) is 0 Å². The second-order valence-corrected chi connectivity index (χ2v) is 9.55. The van der Waals surface area contributed by atoms with Crippen molar-refractivity contribution in [2.75, 3.05) is 0 Å². The predicted octanol–water partition coefficient (Wildman–Crippen LogP) is 4.38. The van der Waals surface area contributed by atoms with Crippen LogP contribution in [0.1, 0.15) is 42.9 Å². The van der Waals surface area contributed by atoms with E-state index >= 15 is 0 Å². The van der Waals surface area contributed by atoms with Crippen molar-refractivity contribution in [2.24, 2.45) is 0 Å². The van der Waals surface area contributed by atoms with Crippen LogP contribution in [0.2, 0.25) is 10.0 Å². The molecule has 1 saturated heterocycles. The number of sulfone groups is 1. The Labute approximate surface area is 169 Å². The maximum absolute atomic E-state index is 12.8. The molecule has 0 aliphatic carbocycles. The molecule has 27 heavy (non-hydrogen) atoms. The van der Waals surface area contributed by atoms with E-state index in [0.717, 1.165) is 12.8 Å². The molecule has 0 spiro atoms. The van der Waals surface area contributed by atoms with Gasteiger partial charge in [-0.1, -0.05) is 35.3 Å². The number of carbonyl (C=O) groups is 1. The van der Waals surface area contributed by atoms with Crippen molar-refractivity contribution in [2.45, 2.75) is 49.4 Å². The molecule has 144 valence electrons. The molecular weight excluding hydrogens is 407 g/mol. The van der Waals surface area contributed by atoms with Gasteiger partial charge in [-0.15, -0.1) is 0 Å². The van der Waals surface area contributed by atoms with Crippen LogP contribution < -0.4 is 0 Å². The van der Waals surface area contributed by atoms with Crippen LogP contribution in [0.3, 0.4) is 0 Å². The molecule has 1 fully saturated rings. The maximum atomic E-state index is 12.8. The first kappa shape index (κ1) is 20.1. The van der Waals surface area contributed by atoms with Crippen LogP contribution in [0, 0.1) is 0 Å². The molecule has 2 unspecified atom stereocenters. The first-order valence-corrected chi connectivity index (χ1v) is 11.1. The Morgan fingerprint density at radius 3 is 2.22 bits per heavy atom. The zero-order valence-corrected chi connectivity index (χ0v) is 17.4. The lowest BCUT2D eigenvalue weighted by Crippen LogP contribution is -2.39. The summed E-state index contributed by atoms with van der Waals surface area (Å²) in [7, 11) is -3.81. The summed E-state index contributed by atoms with van der Waals surface area (Å²) in [6.07, 6.45) is 1.90. The number of pyridine rings is 1. The average Bonchev–Trinajstić information content (AvgIpc) is 2.92. The lowest BCUT2D eigenvalue weighted by atomic mass is 10.2. The first-order valence-electron chi connectivity index (χ1n) is 8.66. The fraction of sp³-hybridized carbons (Fsp3) is 0.368. The second-order valence-electron chi connectivity index (χ2n) is 6.81. The van der Waals surface area contributed by atoms with Gasteiger partial charge in [0.1, 0.15) is 10.6 Å². The summed E-state index contributed by atoms with van der Waals surface area (Å²) < 4.78 is 25.6.